The first kappa shape index (κ1) is 60.6. The molecule has 0 saturated heterocycles. The van der Waals surface area contributed by atoms with Gasteiger partial charge in [-0.05, 0) is 51.4 Å². The van der Waals surface area contributed by atoms with Crippen LogP contribution in [0.2, 0.25) is 0 Å². The lowest BCUT2D eigenvalue weighted by molar-refractivity contribution is -0.143. The first-order valence-corrected chi connectivity index (χ1v) is 27.9. The fraction of sp³-hybridized carbons (Fsp3) is 0.929. The van der Waals surface area contributed by atoms with E-state index in [1.54, 1.807) is 0 Å². The van der Waals surface area contributed by atoms with Gasteiger partial charge < -0.3 is 20.3 Å². The van der Waals surface area contributed by atoms with Crippen molar-refractivity contribution < 1.29 is 24.5 Å². The van der Waals surface area contributed by atoms with Crippen LogP contribution in [0.4, 0.5) is 0 Å². The molecule has 6 heteroatoms. The number of ether oxygens (including phenoxy) is 1. The third kappa shape index (κ3) is 48.1. The number of allylic oxidation sites excluding steroid dienone is 2. The largest absolute Gasteiger partial charge is 0.466 e. The van der Waals surface area contributed by atoms with Gasteiger partial charge in [-0.15, -0.1) is 0 Å². The lowest BCUT2D eigenvalue weighted by Crippen LogP contribution is -2.45. The molecule has 62 heavy (non-hydrogen) atoms. The molecule has 0 aromatic carbocycles. The summed E-state index contributed by atoms with van der Waals surface area (Å²) >= 11 is 0. The van der Waals surface area contributed by atoms with Crippen LogP contribution in [0.25, 0.3) is 0 Å². The van der Waals surface area contributed by atoms with Crippen molar-refractivity contribution in [3.8, 4) is 0 Å². The maximum absolute atomic E-state index is 12.4. The number of nitrogens with one attached hydrogen (secondary N) is 1. The Kier molecular flexibility index (Phi) is 51.0. The fourth-order valence-corrected chi connectivity index (χ4v) is 8.75. The molecule has 368 valence electrons. The maximum Gasteiger partial charge on any atom is 0.305 e. The minimum Gasteiger partial charge on any atom is -0.466 e. The molecule has 0 aliphatic rings. The molecular formula is C56H109NO5. The quantitative estimate of drug-likeness (QED) is 0.0321. The molecule has 0 aromatic heterocycles. The van der Waals surface area contributed by atoms with E-state index >= 15 is 0 Å². The second kappa shape index (κ2) is 52.2. The summed E-state index contributed by atoms with van der Waals surface area (Å²) in [4.78, 5) is 24.4. The Balaban J connectivity index is 3.35. The van der Waals surface area contributed by atoms with Crippen LogP contribution < -0.4 is 5.32 Å². The summed E-state index contributed by atoms with van der Waals surface area (Å²) in [6.07, 6.45) is 60.6. The highest BCUT2D eigenvalue weighted by atomic mass is 16.5. The van der Waals surface area contributed by atoms with Crippen LogP contribution in [0.1, 0.15) is 309 Å². The second-order valence-corrected chi connectivity index (χ2v) is 19.3. The smallest absolute Gasteiger partial charge is 0.305 e. The molecule has 0 aliphatic carbocycles. The van der Waals surface area contributed by atoms with Crippen molar-refractivity contribution in [1.29, 1.82) is 0 Å². The number of amides is 1. The van der Waals surface area contributed by atoms with Crippen molar-refractivity contribution >= 4 is 11.9 Å². The Hall–Kier alpha value is -1.40. The van der Waals surface area contributed by atoms with Crippen LogP contribution >= 0.6 is 0 Å². The lowest BCUT2D eigenvalue weighted by atomic mass is 10.0. The van der Waals surface area contributed by atoms with E-state index in [2.05, 4.69) is 31.3 Å². The van der Waals surface area contributed by atoms with E-state index in [0.717, 1.165) is 44.9 Å². The summed E-state index contributed by atoms with van der Waals surface area (Å²) in [6.45, 7) is 4.93. The summed E-state index contributed by atoms with van der Waals surface area (Å²) in [7, 11) is 0. The zero-order valence-corrected chi connectivity index (χ0v) is 41.9. The molecular weight excluding hydrogens is 767 g/mol. The van der Waals surface area contributed by atoms with E-state index in [-0.39, 0.29) is 18.5 Å². The van der Waals surface area contributed by atoms with Gasteiger partial charge in [0.05, 0.1) is 25.4 Å². The number of aliphatic hydroxyl groups excluding tert-OH is 2. The van der Waals surface area contributed by atoms with Gasteiger partial charge in [0.25, 0.3) is 0 Å². The highest BCUT2D eigenvalue weighted by Gasteiger charge is 2.20. The topological polar surface area (TPSA) is 95.9 Å². The van der Waals surface area contributed by atoms with Crippen molar-refractivity contribution in [2.24, 2.45) is 0 Å². The van der Waals surface area contributed by atoms with Crippen LogP contribution in [0.3, 0.4) is 0 Å². The Bertz CT molecular complexity index is 924. The third-order valence-electron chi connectivity index (χ3n) is 13.1. The van der Waals surface area contributed by atoms with E-state index in [1.165, 1.54) is 231 Å². The van der Waals surface area contributed by atoms with Gasteiger partial charge in [0.15, 0.2) is 0 Å². The molecule has 0 rings (SSSR count). The van der Waals surface area contributed by atoms with E-state index in [9.17, 15) is 19.8 Å². The molecule has 1 amide bonds. The highest BCUT2D eigenvalue weighted by molar-refractivity contribution is 5.76. The van der Waals surface area contributed by atoms with Gasteiger partial charge in [-0.1, -0.05) is 257 Å². The van der Waals surface area contributed by atoms with Crippen molar-refractivity contribution in [2.75, 3.05) is 13.2 Å². The molecule has 0 saturated carbocycles. The molecule has 0 fully saturated rings. The van der Waals surface area contributed by atoms with Gasteiger partial charge >= 0.3 is 5.97 Å². The molecule has 0 bridgehead atoms. The van der Waals surface area contributed by atoms with E-state index in [0.29, 0.717) is 25.9 Å². The summed E-state index contributed by atoms with van der Waals surface area (Å²) in [5.74, 6) is -0.0335. The second-order valence-electron chi connectivity index (χ2n) is 19.3. The number of carbonyl (C=O) groups is 2. The molecule has 0 heterocycles. The average molecular weight is 876 g/mol. The monoisotopic (exact) mass is 876 g/mol. The normalized spacial score (nSPS) is 12.6. The van der Waals surface area contributed by atoms with E-state index < -0.39 is 12.1 Å². The zero-order valence-electron chi connectivity index (χ0n) is 41.9. The maximum atomic E-state index is 12.4. The molecule has 3 N–H and O–H groups in total. The van der Waals surface area contributed by atoms with Gasteiger partial charge in [-0.3, -0.25) is 9.59 Å². The Morgan fingerprint density at radius 1 is 0.435 bits per heavy atom. The summed E-state index contributed by atoms with van der Waals surface area (Å²) in [5.41, 5.74) is 0. The first-order chi connectivity index (χ1) is 30.5. The minimum absolute atomic E-state index is 0.00421. The summed E-state index contributed by atoms with van der Waals surface area (Å²) in [5, 5.41) is 23.1. The summed E-state index contributed by atoms with van der Waals surface area (Å²) in [6, 6.07) is -0.539. The van der Waals surface area contributed by atoms with E-state index in [4.69, 9.17) is 4.74 Å². The van der Waals surface area contributed by atoms with Crippen molar-refractivity contribution in [2.45, 2.75) is 321 Å². The Morgan fingerprint density at radius 2 is 0.758 bits per heavy atom. The van der Waals surface area contributed by atoms with Crippen molar-refractivity contribution in [3.63, 3.8) is 0 Å². The SMILES string of the molecule is CCCCCCCC/C=C\CCCCCCCC(=O)OCCCCCCCCCCCCCCCCCCCCCCCC(=O)NC(CO)C(O)CCCCCCCCCCC. The van der Waals surface area contributed by atoms with Crippen LogP contribution in [-0.2, 0) is 14.3 Å². The molecule has 2 unspecified atom stereocenters. The molecule has 0 aliphatic heterocycles. The Morgan fingerprint density at radius 3 is 1.15 bits per heavy atom. The molecule has 0 spiro atoms. The van der Waals surface area contributed by atoms with Crippen molar-refractivity contribution in [1.82, 2.24) is 5.32 Å². The van der Waals surface area contributed by atoms with Crippen LogP contribution in [0.5, 0.6) is 0 Å². The van der Waals surface area contributed by atoms with Gasteiger partial charge in [0.1, 0.15) is 0 Å². The average Bonchev–Trinajstić information content (AvgIpc) is 3.27. The van der Waals surface area contributed by atoms with Crippen molar-refractivity contribution in [3.05, 3.63) is 12.2 Å². The summed E-state index contributed by atoms with van der Waals surface area (Å²) < 4.78 is 5.48. The van der Waals surface area contributed by atoms with Crippen LogP contribution in [0, 0.1) is 0 Å². The fourth-order valence-electron chi connectivity index (χ4n) is 8.75. The number of hydrogen-bond acceptors (Lipinski definition) is 5. The number of esters is 1. The zero-order chi connectivity index (χ0) is 45.1. The van der Waals surface area contributed by atoms with Crippen LogP contribution in [0.15, 0.2) is 12.2 Å². The van der Waals surface area contributed by atoms with Gasteiger partial charge in [-0.25, -0.2) is 0 Å². The van der Waals surface area contributed by atoms with Gasteiger partial charge in [-0.2, -0.15) is 0 Å². The Labute approximate surface area is 387 Å². The lowest BCUT2D eigenvalue weighted by Gasteiger charge is -2.22. The molecule has 0 radical (unpaired) electrons. The number of aliphatic hydroxyl groups is 2. The number of unbranched alkanes of at least 4 members (excludes halogenated alkanes) is 39. The number of rotatable bonds is 52. The standard InChI is InChI=1S/C56H109NO5/c1-3-5-7-9-11-13-14-15-23-27-30-34-38-42-46-50-56(61)62-51-47-43-39-35-31-28-25-22-20-18-16-17-19-21-24-26-29-33-37-41-45-49-55(60)57-53(52-58)54(59)48-44-40-36-32-12-10-8-6-4-2/h15,23,53-54,58-59H,3-14,16-22,24-52H2,1-2H3,(H,57,60)/b23-15-. The van der Waals surface area contributed by atoms with E-state index in [1.807, 2.05) is 0 Å². The highest BCUT2D eigenvalue weighted by Crippen LogP contribution is 2.17. The van der Waals surface area contributed by atoms with Gasteiger partial charge in [0.2, 0.25) is 5.91 Å². The molecule has 2 atom stereocenters. The number of hydrogen-bond donors (Lipinski definition) is 3. The molecule has 6 nitrogen and oxygen atoms in total. The van der Waals surface area contributed by atoms with Crippen LogP contribution in [-0.4, -0.2) is 47.4 Å². The first-order valence-electron chi connectivity index (χ1n) is 27.9. The van der Waals surface area contributed by atoms with Gasteiger partial charge in [0, 0.05) is 12.8 Å². The predicted molar refractivity (Wildman–Crippen MR) is 269 cm³/mol. The third-order valence-corrected chi connectivity index (χ3v) is 13.1. The molecule has 0 aromatic rings. The minimum atomic E-state index is -0.662. The number of carbonyl (C=O) groups excluding carboxylic acids is 2. The predicted octanol–water partition coefficient (Wildman–Crippen LogP) is 16.9.